The lowest BCUT2D eigenvalue weighted by atomic mass is 9.88. The van der Waals surface area contributed by atoms with Gasteiger partial charge in [-0.05, 0) is 24.8 Å². The van der Waals surface area contributed by atoms with Crippen molar-refractivity contribution < 1.29 is 34.3 Å². The summed E-state index contributed by atoms with van der Waals surface area (Å²) >= 11 is 0. The minimum Gasteiger partial charge on any atom is -0.480 e. The quantitative estimate of drug-likeness (QED) is 0.282. The summed E-state index contributed by atoms with van der Waals surface area (Å²) in [5.41, 5.74) is 0.0987. The maximum Gasteiger partial charge on any atom is 0.326 e. The number of rotatable bonds is 11. The number of carboxylic acid groups (broad SMARTS) is 1. The molecule has 0 saturated heterocycles. The molecule has 1 amide bonds. The van der Waals surface area contributed by atoms with Crippen LogP contribution in [-0.4, -0.2) is 51.7 Å². The summed E-state index contributed by atoms with van der Waals surface area (Å²) in [5.74, 6) is -4.02. The highest BCUT2D eigenvalue weighted by atomic mass is 16.6. The summed E-state index contributed by atoms with van der Waals surface area (Å²) in [4.78, 5) is 46.4. The summed E-state index contributed by atoms with van der Waals surface area (Å²) in [6.45, 7) is 5.28. The zero-order valence-corrected chi connectivity index (χ0v) is 16.5. The number of nitrogens with zero attached hydrogens (tertiary/aromatic N) is 1. The molecule has 0 heterocycles. The fourth-order valence-corrected chi connectivity index (χ4v) is 2.81. The van der Waals surface area contributed by atoms with Crippen molar-refractivity contribution >= 4 is 23.5 Å². The molecule has 29 heavy (non-hydrogen) atoms. The van der Waals surface area contributed by atoms with E-state index < -0.39 is 40.8 Å². The largest absolute Gasteiger partial charge is 0.480 e. The minimum atomic E-state index is -1.55. The summed E-state index contributed by atoms with van der Waals surface area (Å²) < 4.78 is 4.89. The number of carbonyl (C=O) groups excluding carboxylic acids is 2. The summed E-state index contributed by atoms with van der Waals surface area (Å²) in [6, 6.07) is 3.47. The second kappa shape index (κ2) is 11.1. The van der Waals surface area contributed by atoms with Crippen molar-refractivity contribution in [2.24, 2.45) is 5.92 Å². The molecule has 10 nitrogen and oxygen atoms in total. The summed E-state index contributed by atoms with van der Waals surface area (Å²) in [7, 11) is 0. The van der Waals surface area contributed by atoms with Gasteiger partial charge in [-0.2, -0.15) is 0 Å². The molecule has 0 aliphatic heterocycles. The Morgan fingerprint density at radius 1 is 1.21 bits per heavy atom. The predicted molar refractivity (Wildman–Crippen MR) is 102 cm³/mol. The standard InChI is InChI=1S/C19H26N2O8/c1-4-29-16(23)10-14(12-5-7-13(8-6-12)21(27)28)17(19(25)26)20-18(24)15(22)9-11(2)3/h5-8,11,14-15,17,22H,4,9-10H2,1-3H3,(H,20,24)(H,25,26)/t14-,15-,17-/m1/s1. The number of aliphatic hydroxyl groups is 1. The summed E-state index contributed by atoms with van der Waals surface area (Å²) in [5, 5.41) is 32.7. The van der Waals surface area contributed by atoms with Gasteiger partial charge in [0.2, 0.25) is 5.91 Å². The Hall–Kier alpha value is -3.01. The molecule has 1 aromatic carbocycles. The van der Waals surface area contributed by atoms with E-state index in [1.54, 1.807) is 20.8 Å². The zero-order chi connectivity index (χ0) is 22.1. The van der Waals surface area contributed by atoms with Crippen molar-refractivity contribution in [3.63, 3.8) is 0 Å². The highest BCUT2D eigenvalue weighted by molar-refractivity contribution is 5.87. The number of esters is 1. The minimum absolute atomic E-state index is 0.00373. The molecule has 0 unspecified atom stereocenters. The molecule has 10 heteroatoms. The molecule has 3 N–H and O–H groups in total. The average molecular weight is 410 g/mol. The number of nitrogens with one attached hydrogen (secondary N) is 1. The molecular formula is C19H26N2O8. The first-order valence-corrected chi connectivity index (χ1v) is 9.18. The molecule has 0 saturated carbocycles. The first-order chi connectivity index (χ1) is 13.6. The topological polar surface area (TPSA) is 156 Å². The van der Waals surface area contributed by atoms with Crippen molar-refractivity contribution in [2.45, 2.75) is 51.7 Å². The van der Waals surface area contributed by atoms with Gasteiger partial charge in [-0.25, -0.2) is 4.79 Å². The van der Waals surface area contributed by atoms with E-state index in [2.05, 4.69) is 5.32 Å². The number of aliphatic hydroxyl groups excluding tert-OH is 1. The van der Waals surface area contributed by atoms with Crippen LogP contribution in [0.25, 0.3) is 0 Å². The molecule has 0 aliphatic carbocycles. The molecule has 160 valence electrons. The van der Waals surface area contributed by atoms with Gasteiger partial charge in [0, 0.05) is 18.1 Å². The van der Waals surface area contributed by atoms with Gasteiger partial charge >= 0.3 is 11.9 Å². The van der Waals surface area contributed by atoms with Crippen molar-refractivity contribution in [3.05, 3.63) is 39.9 Å². The normalized spacial score (nSPS) is 14.0. The van der Waals surface area contributed by atoms with Crippen LogP contribution in [0.3, 0.4) is 0 Å². The van der Waals surface area contributed by atoms with Gasteiger partial charge in [-0.15, -0.1) is 0 Å². The number of benzene rings is 1. The smallest absolute Gasteiger partial charge is 0.326 e. The highest BCUT2D eigenvalue weighted by Crippen LogP contribution is 2.27. The van der Waals surface area contributed by atoms with E-state index in [1.807, 2.05) is 0 Å². The number of ether oxygens (including phenoxy) is 1. The van der Waals surface area contributed by atoms with E-state index in [0.717, 1.165) is 0 Å². The number of carbonyl (C=O) groups is 3. The molecule has 3 atom stereocenters. The van der Waals surface area contributed by atoms with Crippen molar-refractivity contribution in [3.8, 4) is 0 Å². The fourth-order valence-electron chi connectivity index (χ4n) is 2.81. The second-order valence-electron chi connectivity index (χ2n) is 6.93. The van der Waals surface area contributed by atoms with Crippen LogP contribution in [0.4, 0.5) is 5.69 Å². The van der Waals surface area contributed by atoms with Crippen molar-refractivity contribution in [1.82, 2.24) is 5.32 Å². The van der Waals surface area contributed by atoms with Gasteiger partial charge in [0.15, 0.2) is 0 Å². The Labute approximate surface area is 168 Å². The van der Waals surface area contributed by atoms with Crippen LogP contribution in [0.15, 0.2) is 24.3 Å². The third-order valence-electron chi connectivity index (χ3n) is 4.19. The first-order valence-electron chi connectivity index (χ1n) is 9.18. The summed E-state index contributed by atoms with van der Waals surface area (Å²) in [6.07, 6.45) is -1.64. The predicted octanol–water partition coefficient (Wildman–Crippen LogP) is 1.61. The third kappa shape index (κ3) is 7.49. The van der Waals surface area contributed by atoms with Gasteiger partial charge in [-0.3, -0.25) is 19.7 Å². The zero-order valence-electron chi connectivity index (χ0n) is 16.5. The molecule has 0 radical (unpaired) electrons. The van der Waals surface area contributed by atoms with Gasteiger partial charge < -0.3 is 20.3 Å². The van der Waals surface area contributed by atoms with Crippen LogP contribution < -0.4 is 5.32 Å². The van der Waals surface area contributed by atoms with E-state index in [9.17, 15) is 34.7 Å². The Balaban J connectivity index is 3.20. The van der Waals surface area contributed by atoms with Crippen LogP contribution in [0.2, 0.25) is 0 Å². The maximum absolute atomic E-state index is 12.3. The Kier molecular flexibility index (Phi) is 9.20. The molecule has 1 aromatic rings. The lowest BCUT2D eigenvalue weighted by molar-refractivity contribution is -0.384. The fraction of sp³-hybridized carbons (Fsp3) is 0.526. The lowest BCUT2D eigenvalue weighted by Gasteiger charge is -2.26. The van der Waals surface area contributed by atoms with E-state index in [4.69, 9.17) is 4.74 Å². The lowest BCUT2D eigenvalue weighted by Crippen LogP contribution is -2.49. The van der Waals surface area contributed by atoms with Crippen molar-refractivity contribution in [2.75, 3.05) is 6.61 Å². The number of non-ortho nitro benzene ring substituents is 1. The molecule has 0 spiro atoms. The number of amides is 1. The molecule has 1 rings (SSSR count). The van der Waals surface area contributed by atoms with Crippen molar-refractivity contribution in [1.29, 1.82) is 0 Å². The van der Waals surface area contributed by atoms with E-state index in [-0.39, 0.29) is 31.1 Å². The van der Waals surface area contributed by atoms with Crippen LogP contribution in [0.1, 0.15) is 45.1 Å². The molecule has 0 bridgehead atoms. The van der Waals surface area contributed by atoms with Gasteiger partial charge in [0.1, 0.15) is 12.1 Å². The van der Waals surface area contributed by atoms with E-state index in [0.29, 0.717) is 5.56 Å². The number of hydrogen-bond acceptors (Lipinski definition) is 7. The molecule has 0 aliphatic rings. The number of nitro benzene ring substituents is 1. The van der Waals surface area contributed by atoms with Gasteiger partial charge in [0.25, 0.3) is 5.69 Å². The molecular weight excluding hydrogens is 384 g/mol. The third-order valence-corrected chi connectivity index (χ3v) is 4.19. The van der Waals surface area contributed by atoms with E-state index in [1.165, 1.54) is 24.3 Å². The van der Waals surface area contributed by atoms with Gasteiger partial charge in [-0.1, -0.05) is 26.0 Å². The average Bonchev–Trinajstić information content (AvgIpc) is 2.63. The van der Waals surface area contributed by atoms with E-state index >= 15 is 0 Å². The Bertz CT molecular complexity index is 732. The number of carboxylic acids is 1. The Morgan fingerprint density at radius 3 is 2.24 bits per heavy atom. The SMILES string of the molecule is CCOC(=O)C[C@H](c1ccc([N+](=O)[O-])cc1)[C@@H](NC(=O)[C@H](O)CC(C)C)C(=O)O. The van der Waals surface area contributed by atoms with Gasteiger partial charge in [0.05, 0.1) is 18.0 Å². The van der Waals surface area contributed by atoms with Crippen LogP contribution in [-0.2, 0) is 19.1 Å². The number of aliphatic carboxylic acids is 1. The second-order valence-corrected chi connectivity index (χ2v) is 6.93. The number of hydrogen-bond donors (Lipinski definition) is 3. The molecule has 0 fully saturated rings. The monoisotopic (exact) mass is 410 g/mol. The van der Waals surface area contributed by atoms with Crippen LogP contribution in [0, 0.1) is 16.0 Å². The Morgan fingerprint density at radius 2 is 1.79 bits per heavy atom. The highest BCUT2D eigenvalue weighted by Gasteiger charge is 2.34. The molecule has 0 aromatic heterocycles. The van der Waals surface area contributed by atoms with Crippen LogP contribution in [0.5, 0.6) is 0 Å². The van der Waals surface area contributed by atoms with Crippen LogP contribution >= 0.6 is 0 Å². The maximum atomic E-state index is 12.3. The first kappa shape index (κ1) is 24.0. The number of nitro groups is 1.